The minimum atomic E-state index is -4.82. The van der Waals surface area contributed by atoms with E-state index in [1.807, 2.05) is 0 Å². The Balaban J connectivity index is 1.91. The number of halogens is 5. The fourth-order valence-electron chi connectivity index (χ4n) is 3.84. The van der Waals surface area contributed by atoms with Crippen LogP contribution in [-0.2, 0) is 18.1 Å². The van der Waals surface area contributed by atoms with Crippen molar-refractivity contribution >= 4 is 23.3 Å². The summed E-state index contributed by atoms with van der Waals surface area (Å²) in [6, 6.07) is 16.4. The Morgan fingerprint density at radius 2 is 1.67 bits per heavy atom. The highest BCUT2D eigenvalue weighted by molar-refractivity contribution is 6.30. The lowest BCUT2D eigenvalue weighted by atomic mass is 9.79. The second-order valence-electron chi connectivity index (χ2n) is 7.98. The van der Waals surface area contributed by atoms with Crippen molar-refractivity contribution in [3.63, 3.8) is 0 Å². The fraction of sp³-hybridized carbons (Fsp3) is 0.115. The van der Waals surface area contributed by atoms with Crippen molar-refractivity contribution in [2.45, 2.75) is 18.1 Å². The van der Waals surface area contributed by atoms with E-state index < -0.39 is 29.1 Å². The zero-order valence-electron chi connectivity index (χ0n) is 18.6. The monoisotopic (exact) mass is 514 g/mol. The van der Waals surface area contributed by atoms with Gasteiger partial charge in [0.25, 0.3) is 0 Å². The third kappa shape index (κ3) is 5.80. The number of amides is 2. The molecule has 4 aromatic rings. The molecule has 5 nitrogen and oxygen atoms in total. The summed E-state index contributed by atoms with van der Waals surface area (Å²) in [5.74, 6) is -1.11. The Morgan fingerprint density at radius 1 is 0.917 bits per heavy atom. The Kier molecular flexibility index (Phi) is 7.21. The van der Waals surface area contributed by atoms with Crippen LogP contribution in [0.2, 0.25) is 5.02 Å². The summed E-state index contributed by atoms with van der Waals surface area (Å²) in [5, 5.41) is 5.66. The van der Waals surface area contributed by atoms with Crippen LogP contribution in [0.3, 0.4) is 0 Å². The lowest BCUT2D eigenvalue weighted by Crippen LogP contribution is -2.50. The molecule has 0 saturated heterocycles. The van der Waals surface area contributed by atoms with Crippen LogP contribution in [0.1, 0.15) is 22.4 Å². The number of carbonyl (C=O) groups excluding carboxylic acids is 1. The predicted octanol–water partition coefficient (Wildman–Crippen LogP) is 6.60. The number of hydrogen-bond donors (Lipinski definition) is 2. The first-order chi connectivity index (χ1) is 17.2. The number of pyridine rings is 2. The second kappa shape index (κ2) is 10.3. The average molecular weight is 515 g/mol. The fourth-order valence-corrected chi connectivity index (χ4v) is 3.96. The molecule has 2 N–H and O–H groups in total. The summed E-state index contributed by atoms with van der Waals surface area (Å²) in [7, 11) is 0. The molecule has 0 saturated carbocycles. The molecule has 2 heterocycles. The Morgan fingerprint density at radius 3 is 2.31 bits per heavy atom. The van der Waals surface area contributed by atoms with Gasteiger partial charge in [0, 0.05) is 18.8 Å². The van der Waals surface area contributed by atoms with Crippen molar-refractivity contribution in [3.8, 4) is 0 Å². The average Bonchev–Trinajstić information content (AvgIpc) is 2.84. The minimum absolute atomic E-state index is 0.0380. The minimum Gasteiger partial charge on any atom is -0.322 e. The number of anilines is 1. The van der Waals surface area contributed by atoms with E-state index in [1.54, 1.807) is 42.5 Å². The van der Waals surface area contributed by atoms with E-state index in [2.05, 4.69) is 20.6 Å². The van der Waals surface area contributed by atoms with Crippen molar-refractivity contribution in [2.24, 2.45) is 0 Å². The standard InChI is InChI=1S/C26H19ClF4N4O/c27-20-8-9-23(33-15-20)25(14-17-5-2-1-3-6-17,35-24(36)34-22-7-4-10-32-16-22)18-11-19(26(29,30)31)13-21(28)12-18/h1-13,15-16H,14H2,(H2,34,35,36). The Labute approximate surface area is 209 Å². The molecule has 0 bridgehead atoms. The van der Waals surface area contributed by atoms with Crippen LogP contribution in [0.5, 0.6) is 0 Å². The number of alkyl halides is 3. The summed E-state index contributed by atoms with van der Waals surface area (Å²) in [6.07, 6.45) is -0.625. The van der Waals surface area contributed by atoms with E-state index in [0.29, 0.717) is 17.3 Å². The van der Waals surface area contributed by atoms with Crippen molar-refractivity contribution < 1.29 is 22.4 Å². The molecule has 1 atom stereocenters. The zero-order valence-corrected chi connectivity index (χ0v) is 19.3. The topological polar surface area (TPSA) is 66.9 Å². The van der Waals surface area contributed by atoms with Gasteiger partial charge < -0.3 is 10.6 Å². The predicted molar refractivity (Wildman–Crippen MR) is 128 cm³/mol. The van der Waals surface area contributed by atoms with Gasteiger partial charge in [0.15, 0.2) is 0 Å². The normalized spacial score (nSPS) is 13.0. The number of aromatic nitrogens is 2. The number of urea groups is 1. The molecular weight excluding hydrogens is 496 g/mol. The molecule has 2 amide bonds. The largest absolute Gasteiger partial charge is 0.416 e. The van der Waals surface area contributed by atoms with Gasteiger partial charge in [0.1, 0.15) is 11.4 Å². The summed E-state index contributed by atoms with van der Waals surface area (Å²) in [4.78, 5) is 21.4. The first-order valence-corrected chi connectivity index (χ1v) is 11.1. The number of carbonyl (C=O) groups is 1. The Bertz CT molecular complexity index is 1340. The number of hydrogen-bond acceptors (Lipinski definition) is 3. The van der Waals surface area contributed by atoms with Gasteiger partial charge in [-0.3, -0.25) is 9.97 Å². The van der Waals surface area contributed by atoms with Crippen LogP contribution >= 0.6 is 11.6 Å². The molecule has 0 aliphatic heterocycles. The van der Waals surface area contributed by atoms with Crippen molar-refractivity contribution in [1.29, 1.82) is 0 Å². The number of nitrogens with zero attached hydrogens (tertiary/aromatic N) is 2. The highest BCUT2D eigenvalue weighted by Gasteiger charge is 2.41. The molecule has 184 valence electrons. The molecule has 0 spiro atoms. The highest BCUT2D eigenvalue weighted by atomic mass is 35.5. The maximum Gasteiger partial charge on any atom is 0.416 e. The van der Waals surface area contributed by atoms with Crippen molar-refractivity contribution in [3.05, 3.63) is 125 Å². The molecule has 2 aromatic carbocycles. The summed E-state index contributed by atoms with van der Waals surface area (Å²) >= 11 is 6.01. The molecule has 1 unspecified atom stereocenters. The molecule has 4 rings (SSSR count). The van der Waals surface area contributed by atoms with Gasteiger partial charge in [-0.25, -0.2) is 9.18 Å². The second-order valence-corrected chi connectivity index (χ2v) is 8.41. The maximum atomic E-state index is 14.6. The molecule has 0 aliphatic carbocycles. The molecule has 36 heavy (non-hydrogen) atoms. The van der Waals surface area contributed by atoms with E-state index in [0.717, 1.165) is 12.1 Å². The number of benzene rings is 2. The lowest BCUT2D eigenvalue weighted by Gasteiger charge is -2.36. The molecule has 0 fully saturated rings. The van der Waals surface area contributed by atoms with Crippen LogP contribution in [-0.4, -0.2) is 16.0 Å². The van der Waals surface area contributed by atoms with Gasteiger partial charge >= 0.3 is 12.2 Å². The van der Waals surface area contributed by atoms with Gasteiger partial charge in [-0.2, -0.15) is 13.2 Å². The number of nitrogens with one attached hydrogen (secondary N) is 2. The van der Waals surface area contributed by atoms with Crippen molar-refractivity contribution in [2.75, 3.05) is 5.32 Å². The molecule has 10 heteroatoms. The van der Waals surface area contributed by atoms with E-state index >= 15 is 0 Å². The summed E-state index contributed by atoms with van der Waals surface area (Å²) in [6.45, 7) is 0. The van der Waals surface area contributed by atoms with Crippen LogP contribution in [0.25, 0.3) is 0 Å². The maximum absolute atomic E-state index is 14.6. The highest BCUT2D eigenvalue weighted by Crippen LogP contribution is 2.38. The first kappa shape index (κ1) is 25.1. The van der Waals surface area contributed by atoms with E-state index in [1.165, 1.54) is 30.7 Å². The quantitative estimate of drug-likeness (QED) is 0.285. The van der Waals surface area contributed by atoms with Crippen LogP contribution < -0.4 is 10.6 Å². The molecular formula is C26H19ClF4N4O. The third-order valence-corrected chi connectivity index (χ3v) is 5.66. The van der Waals surface area contributed by atoms with Gasteiger partial charge in [-0.05, 0) is 53.6 Å². The van der Waals surface area contributed by atoms with E-state index in [4.69, 9.17) is 11.6 Å². The van der Waals surface area contributed by atoms with Gasteiger partial charge in [-0.1, -0.05) is 41.9 Å². The van der Waals surface area contributed by atoms with Gasteiger partial charge in [-0.15, -0.1) is 0 Å². The van der Waals surface area contributed by atoms with Crippen molar-refractivity contribution in [1.82, 2.24) is 15.3 Å². The number of rotatable bonds is 6. The van der Waals surface area contributed by atoms with Crippen LogP contribution in [0.15, 0.2) is 91.4 Å². The lowest BCUT2D eigenvalue weighted by molar-refractivity contribution is -0.137. The summed E-state index contributed by atoms with van der Waals surface area (Å²) in [5.41, 5.74) is -1.87. The third-order valence-electron chi connectivity index (χ3n) is 5.44. The van der Waals surface area contributed by atoms with Crippen LogP contribution in [0.4, 0.5) is 28.0 Å². The van der Waals surface area contributed by atoms with Gasteiger partial charge in [0.2, 0.25) is 0 Å². The molecule has 0 radical (unpaired) electrons. The van der Waals surface area contributed by atoms with Crippen LogP contribution in [0, 0.1) is 5.82 Å². The van der Waals surface area contributed by atoms with Gasteiger partial charge in [0.05, 0.1) is 28.2 Å². The molecule has 0 aliphatic rings. The van der Waals surface area contributed by atoms with E-state index in [9.17, 15) is 22.4 Å². The first-order valence-electron chi connectivity index (χ1n) is 10.7. The smallest absolute Gasteiger partial charge is 0.322 e. The molecule has 2 aromatic heterocycles. The van der Waals surface area contributed by atoms with E-state index in [-0.39, 0.29) is 22.7 Å². The zero-order chi connectivity index (χ0) is 25.8. The summed E-state index contributed by atoms with van der Waals surface area (Å²) < 4.78 is 55.6. The Hall–Kier alpha value is -3.98. The SMILES string of the molecule is O=C(Nc1cccnc1)NC(Cc1ccccc1)(c1cc(F)cc(C(F)(F)F)c1)c1ccc(Cl)cn1.